The topological polar surface area (TPSA) is 81.6 Å². The number of nitriles is 1. The van der Waals surface area contributed by atoms with Crippen molar-refractivity contribution in [1.82, 2.24) is 10.2 Å². The van der Waals surface area contributed by atoms with Crippen molar-refractivity contribution < 1.29 is 13.2 Å². The highest BCUT2D eigenvalue weighted by molar-refractivity contribution is 5.50. The fourth-order valence-electron chi connectivity index (χ4n) is 1.69. The van der Waals surface area contributed by atoms with Crippen LogP contribution in [-0.4, -0.2) is 16.2 Å². The first-order chi connectivity index (χ1) is 8.90. The smallest absolute Gasteiger partial charge is 0.379 e. The van der Waals surface area contributed by atoms with Gasteiger partial charge in [0.15, 0.2) is 0 Å². The van der Waals surface area contributed by atoms with E-state index in [0.717, 1.165) is 6.20 Å². The molecule has 0 bridgehead atoms. The van der Waals surface area contributed by atoms with Gasteiger partial charge in [0.05, 0.1) is 24.4 Å². The number of anilines is 1. The van der Waals surface area contributed by atoms with Crippen molar-refractivity contribution in [2.24, 2.45) is 0 Å². The second-order valence-corrected chi connectivity index (χ2v) is 3.98. The molecule has 0 fully saturated rings. The van der Waals surface area contributed by atoms with Gasteiger partial charge in [-0.05, 0) is 6.42 Å². The molecule has 8 heteroatoms. The van der Waals surface area contributed by atoms with Gasteiger partial charge in [0, 0.05) is 6.04 Å². The summed E-state index contributed by atoms with van der Waals surface area (Å²) in [6.07, 6.45) is -2.58. The van der Waals surface area contributed by atoms with E-state index >= 15 is 0 Å². The highest BCUT2D eigenvalue weighted by Crippen LogP contribution is 2.31. The number of nitrogens with zero attached hydrogens (tertiary/aromatic N) is 2. The maximum absolute atomic E-state index is 12.8. The molecule has 104 valence electrons. The number of H-pyrrole nitrogens is 1. The molecule has 1 aromatic rings. The Kier molecular flexibility index (Phi) is 4.92. The highest BCUT2D eigenvalue weighted by Gasteiger charge is 2.37. The van der Waals surface area contributed by atoms with Crippen molar-refractivity contribution in [2.75, 3.05) is 5.32 Å². The van der Waals surface area contributed by atoms with Gasteiger partial charge in [0.2, 0.25) is 0 Å². The zero-order chi connectivity index (χ0) is 14.5. The molecule has 0 spiro atoms. The average molecular weight is 274 g/mol. The number of halogens is 3. The second kappa shape index (κ2) is 6.22. The van der Waals surface area contributed by atoms with Crippen molar-refractivity contribution in [2.45, 2.75) is 38.4 Å². The third kappa shape index (κ3) is 3.98. The summed E-state index contributed by atoms with van der Waals surface area (Å²) in [4.78, 5) is 11.2. The number of rotatable bonds is 5. The Labute approximate surface area is 107 Å². The van der Waals surface area contributed by atoms with Gasteiger partial charge in [-0.15, -0.1) is 0 Å². The predicted octanol–water partition coefficient (Wildman–Crippen LogP) is 2.28. The fourth-order valence-corrected chi connectivity index (χ4v) is 1.69. The summed E-state index contributed by atoms with van der Waals surface area (Å²) in [5, 5.41) is 16.3. The maximum atomic E-state index is 12.8. The van der Waals surface area contributed by atoms with Gasteiger partial charge >= 0.3 is 6.18 Å². The van der Waals surface area contributed by atoms with Crippen LogP contribution < -0.4 is 10.9 Å². The summed E-state index contributed by atoms with van der Waals surface area (Å²) >= 11 is 0. The Hall–Kier alpha value is -2.04. The standard InChI is InChI=1S/C11H13F3N4O/c1-2-3-7(4-5-15)17-8-6-16-18-10(19)9(8)11(12,13)14/h6-7H,2-4H2,1H3,(H2,17,18,19). The Morgan fingerprint density at radius 2 is 2.26 bits per heavy atom. The molecule has 0 saturated heterocycles. The van der Waals surface area contributed by atoms with E-state index in [4.69, 9.17) is 5.26 Å². The van der Waals surface area contributed by atoms with Crippen LogP contribution in [-0.2, 0) is 6.18 Å². The van der Waals surface area contributed by atoms with Crippen LogP contribution in [0.2, 0.25) is 0 Å². The first-order valence-electron chi connectivity index (χ1n) is 5.68. The minimum atomic E-state index is -4.78. The van der Waals surface area contributed by atoms with E-state index < -0.39 is 29.0 Å². The van der Waals surface area contributed by atoms with Gasteiger partial charge in [0.1, 0.15) is 5.56 Å². The van der Waals surface area contributed by atoms with Crippen molar-refractivity contribution >= 4 is 5.69 Å². The quantitative estimate of drug-likeness (QED) is 0.863. The van der Waals surface area contributed by atoms with E-state index in [1.54, 1.807) is 5.10 Å². The molecule has 5 nitrogen and oxygen atoms in total. The summed E-state index contributed by atoms with van der Waals surface area (Å²) in [6.45, 7) is 1.85. The molecule has 0 aliphatic rings. The van der Waals surface area contributed by atoms with Gasteiger partial charge in [-0.1, -0.05) is 13.3 Å². The molecule has 0 aliphatic heterocycles. The average Bonchev–Trinajstić information content (AvgIpc) is 2.27. The van der Waals surface area contributed by atoms with Gasteiger partial charge in [-0.3, -0.25) is 4.79 Å². The molecule has 19 heavy (non-hydrogen) atoms. The lowest BCUT2D eigenvalue weighted by molar-refractivity contribution is -0.138. The van der Waals surface area contributed by atoms with Gasteiger partial charge in [0.25, 0.3) is 5.56 Å². The number of aromatic amines is 1. The summed E-state index contributed by atoms with van der Waals surface area (Å²) in [6, 6.07) is 1.45. The van der Waals surface area contributed by atoms with Crippen LogP contribution in [0.25, 0.3) is 0 Å². The van der Waals surface area contributed by atoms with E-state index in [0.29, 0.717) is 12.8 Å². The molecule has 0 amide bonds. The number of hydrogen-bond donors (Lipinski definition) is 2. The van der Waals surface area contributed by atoms with Crippen LogP contribution >= 0.6 is 0 Å². The summed E-state index contributed by atoms with van der Waals surface area (Å²) < 4.78 is 38.3. The van der Waals surface area contributed by atoms with Crippen LogP contribution in [0.5, 0.6) is 0 Å². The molecule has 0 radical (unpaired) electrons. The second-order valence-electron chi connectivity index (χ2n) is 3.98. The maximum Gasteiger partial charge on any atom is 0.423 e. The van der Waals surface area contributed by atoms with E-state index in [1.165, 1.54) is 0 Å². The van der Waals surface area contributed by atoms with E-state index in [9.17, 15) is 18.0 Å². The molecule has 1 heterocycles. The zero-order valence-corrected chi connectivity index (χ0v) is 10.2. The van der Waals surface area contributed by atoms with Gasteiger partial charge in [-0.25, -0.2) is 5.10 Å². The van der Waals surface area contributed by atoms with Crippen molar-refractivity contribution in [3.8, 4) is 6.07 Å². The zero-order valence-electron chi connectivity index (χ0n) is 10.2. The van der Waals surface area contributed by atoms with Gasteiger partial charge in [-0.2, -0.15) is 23.5 Å². The lowest BCUT2D eigenvalue weighted by Gasteiger charge is -2.18. The van der Waals surface area contributed by atoms with Crippen LogP contribution in [0.15, 0.2) is 11.0 Å². The van der Waals surface area contributed by atoms with Crippen LogP contribution in [0.4, 0.5) is 18.9 Å². The number of alkyl halides is 3. The Bertz CT molecular complexity index is 518. The van der Waals surface area contributed by atoms with Crippen LogP contribution in [0.3, 0.4) is 0 Å². The molecule has 0 saturated carbocycles. The summed E-state index contributed by atoms with van der Waals surface area (Å²) in [5.41, 5.74) is -3.02. The number of aromatic nitrogens is 2. The molecular formula is C11H13F3N4O. The molecule has 1 rings (SSSR count). The molecule has 0 aromatic carbocycles. The largest absolute Gasteiger partial charge is 0.423 e. The lowest BCUT2D eigenvalue weighted by atomic mass is 10.1. The molecule has 0 aliphatic carbocycles. The fraction of sp³-hybridized carbons (Fsp3) is 0.545. The Morgan fingerprint density at radius 3 is 2.79 bits per heavy atom. The molecule has 1 aromatic heterocycles. The monoisotopic (exact) mass is 274 g/mol. The normalized spacial score (nSPS) is 12.8. The molecule has 2 N–H and O–H groups in total. The Balaban J connectivity index is 3.10. The first-order valence-corrected chi connectivity index (χ1v) is 5.68. The lowest BCUT2D eigenvalue weighted by Crippen LogP contribution is -2.28. The minimum absolute atomic E-state index is 0.0535. The predicted molar refractivity (Wildman–Crippen MR) is 62.4 cm³/mol. The van der Waals surface area contributed by atoms with Gasteiger partial charge < -0.3 is 5.32 Å². The highest BCUT2D eigenvalue weighted by atomic mass is 19.4. The van der Waals surface area contributed by atoms with Crippen molar-refractivity contribution in [1.29, 1.82) is 5.26 Å². The molecule has 1 atom stereocenters. The number of hydrogen-bond acceptors (Lipinski definition) is 4. The first kappa shape index (κ1) is 15.0. The summed E-state index contributed by atoms with van der Waals surface area (Å²) in [7, 11) is 0. The Morgan fingerprint density at radius 1 is 1.58 bits per heavy atom. The van der Waals surface area contributed by atoms with Crippen LogP contribution in [0.1, 0.15) is 31.7 Å². The van der Waals surface area contributed by atoms with E-state index in [-0.39, 0.29) is 6.42 Å². The summed E-state index contributed by atoms with van der Waals surface area (Å²) in [5.74, 6) is 0. The molecular weight excluding hydrogens is 261 g/mol. The van der Waals surface area contributed by atoms with E-state index in [2.05, 4.69) is 10.4 Å². The minimum Gasteiger partial charge on any atom is -0.379 e. The SMILES string of the molecule is CCCC(CC#N)Nc1cn[nH]c(=O)c1C(F)(F)F. The van der Waals surface area contributed by atoms with Crippen molar-refractivity contribution in [3.05, 3.63) is 22.1 Å². The van der Waals surface area contributed by atoms with Crippen LogP contribution in [0, 0.1) is 11.3 Å². The molecule has 1 unspecified atom stereocenters. The number of nitrogens with one attached hydrogen (secondary N) is 2. The van der Waals surface area contributed by atoms with Crippen molar-refractivity contribution in [3.63, 3.8) is 0 Å². The third-order valence-electron chi connectivity index (χ3n) is 2.47. The van der Waals surface area contributed by atoms with E-state index in [1.807, 2.05) is 13.0 Å². The third-order valence-corrected chi connectivity index (χ3v) is 2.47.